The van der Waals surface area contributed by atoms with Crippen LogP contribution in [0.15, 0.2) is 22.7 Å². The van der Waals surface area contributed by atoms with Gasteiger partial charge in [0.25, 0.3) is 0 Å². The van der Waals surface area contributed by atoms with Crippen molar-refractivity contribution in [1.82, 2.24) is 5.32 Å². The van der Waals surface area contributed by atoms with E-state index in [1.807, 2.05) is 13.8 Å². The van der Waals surface area contributed by atoms with Gasteiger partial charge in [-0.3, -0.25) is 4.79 Å². The van der Waals surface area contributed by atoms with E-state index >= 15 is 0 Å². The number of halogens is 2. The van der Waals surface area contributed by atoms with Gasteiger partial charge in [0.05, 0.1) is 0 Å². The van der Waals surface area contributed by atoms with Crippen LogP contribution >= 0.6 is 15.9 Å². The zero-order valence-electron chi connectivity index (χ0n) is 9.39. The maximum Gasteiger partial charge on any atom is 0.223 e. The van der Waals surface area contributed by atoms with Crippen LogP contribution in [0.3, 0.4) is 0 Å². The highest BCUT2D eigenvalue weighted by Crippen LogP contribution is 2.15. The van der Waals surface area contributed by atoms with Crippen LogP contribution < -0.4 is 5.32 Å². The summed E-state index contributed by atoms with van der Waals surface area (Å²) in [5.41, 5.74) is 0.492. The van der Waals surface area contributed by atoms with Gasteiger partial charge in [0.1, 0.15) is 5.82 Å². The standard InChI is InChI=1S/C12H15BrFNO/c1-3-8(2)12(16)15-7-9-6-10(13)4-5-11(9)14/h4-6,8H,3,7H2,1-2H3,(H,15,16). The molecule has 0 aliphatic rings. The van der Waals surface area contributed by atoms with Crippen LogP contribution in [-0.4, -0.2) is 5.91 Å². The molecule has 1 atom stereocenters. The maximum atomic E-state index is 13.3. The van der Waals surface area contributed by atoms with Crippen molar-refractivity contribution in [3.05, 3.63) is 34.1 Å². The first-order valence-electron chi connectivity index (χ1n) is 5.26. The minimum Gasteiger partial charge on any atom is -0.352 e. The Kier molecular flexibility index (Phi) is 4.93. The van der Waals surface area contributed by atoms with Gasteiger partial charge < -0.3 is 5.32 Å². The summed E-state index contributed by atoms with van der Waals surface area (Å²) in [7, 11) is 0. The normalized spacial score (nSPS) is 12.2. The van der Waals surface area contributed by atoms with E-state index in [0.717, 1.165) is 10.9 Å². The van der Waals surface area contributed by atoms with E-state index in [2.05, 4.69) is 21.2 Å². The van der Waals surface area contributed by atoms with Crippen molar-refractivity contribution < 1.29 is 9.18 Å². The monoisotopic (exact) mass is 287 g/mol. The summed E-state index contributed by atoms with van der Waals surface area (Å²) in [4.78, 5) is 11.5. The Morgan fingerprint density at radius 2 is 2.25 bits per heavy atom. The SMILES string of the molecule is CCC(C)C(=O)NCc1cc(Br)ccc1F. The summed E-state index contributed by atoms with van der Waals surface area (Å²) in [6.45, 7) is 4.03. The summed E-state index contributed by atoms with van der Waals surface area (Å²) in [5.74, 6) is -0.371. The highest BCUT2D eigenvalue weighted by Gasteiger charge is 2.10. The first-order valence-corrected chi connectivity index (χ1v) is 6.05. The first-order chi connectivity index (χ1) is 7.54. The fourth-order valence-corrected chi connectivity index (χ4v) is 1.63. The lowest BCUT2D eigenvalue weighted by atomic mass is 10.1. The maximum absolute atomic E-state index is 13.3. The smallest absolute Gasteiger partial charge is 0.223 e. The molecule has 0 spiro atoms. The van der Waals surface area contributed by atoms with E-state index in [4.69, 9.17) is 0 Å². The number of benzene rings is 1. The highest BCUT2D eigenvalue weighted by molar-refractivity contribution is 9.10. The molecule has 4 heteroatoms. The van der Waals surface area contributed by atoms with E-state index in [1.54, 1.807) is 12.1 Å². The number of hydrogen-bond acceptors (Lipinski definition) is 1. The molecule has 16 heavy (non-hydrogen) atoms. The zero-order valence-corrected chi connectivity index (χ0v) is 11.0. The molecule has 88 valence electrons. The first kappa shape index (κ1) is 13.2. The van der Waals surface area contributed by atoms with Crippen LogP contribution in [0, 0.1) is 11.7 Å². The van der Waals surface area contributed by atoms with E-state index < -0.39 is 0 Å². The predicted octanol–water partition coefficient (Wildman–Crippen LogP) is 3.25. The number of rotatable bonds is 4. The topological polar surface area (TPSA) is 29.1 Å². The molecule has 0 aliphatic carbocycles. The van der Waals surface area contributed by atoms with Gasteiger partial charge in [0, 0.05) is 22.5 Å². The Morgan fingerprint density at radius 3 is 2.88 bits per heavy atom. The summed E-state index contributed by atoms with van der Waals surface area (Å²) in [6.07, 6.45) is 0.785. The molecule has 0 saturated heterocycles. The molecule has 1 aromatic carbocycles. The Labute approximate surface area is 103 Å². The van der Waals surface area contributed by atoms with E-state index in [1.165, 1.54) is 6.07 Å². The van der Waals surface area contributed by atoms with Gasteiger partial charge in [-0.2, -0.15) is 0 Å². The van der Waals surface area contributed by atoms with E-state index in [9.17, 15) is 9.18 Å². The lowest BCUT2D eigenvalue weighted by molar-refractivity contribution is -0.124. The van der Waals surface area contributed by atoms with E-state index in [-0.39, 0.29) is 24.2 Å². The van der Waals surface area contributed by atoms with Crippen LogP contribution in [0.5, 0.6) is 0 Å². The zero-order chi connectivity index (χ0) is 12.1. The number of carbonyl (C=O) groups is 1. The molecule has 0 fully saturated rings. The predicted molar refractivity (Wildman–Crippen MR) is 65.4 cm³/mol. The van der Waals surface area contributed by atoms with Crippen molar-refractivity contribution in [3.63, 3.8) is 0 Å². The molecule has 0 bridgehead atoms. The molecule has 1 unspecified atom stereocenters. The minimum atomic E-state index is -0.298. The molecule has 1 aromatic rings. The van der Waals surface area contributed by atoms with Gasteiger partial charge in [-0.25, -0.2) is 4.39 Å². The molecule has 0 aliphatic heterocycles. The molecular formula is C12H15BrFNO. The molecule has 0 saturated carbocycles. The van der Waals surface area contributed by atoms with Crippen molar-refractivity contribution in [2.75, 3.05) is 0 Å². The minimum absolute atomic E-state index is 0.0322. The van der Waals surface area contributed by atoms with Crippen molar-refractivity contribution in [1.29, 1.82) is 0 Å². The number of nitrogens with one attached hydrogen (secondary N) is 1. The van der Waals surface area contributed by atoms with Crippen molar-refractivity contribution in [3.8, 4) is 0 Å². The largest absolute Gasteiger partial charge is 0.352 e. The van der Waals surface area contributed by atoms with Gasteiger partial charge in [-0.05, 0) is 24.6 Å². The number of hydrogen-bond donors (Lipinski definition) is 1. The average Bonchev–Trinajstić information content (AvgIpc) is 2.28. The molecule has 1 rings (SSSR count). The van der Waals surface area contributed by atoms with Crippen LogP contribution in [0.4, 0.5) is 4.39 Å². The fourth-order valence-electron chi connectivity index (χ4n) is 1.22. The molecule has 1 amide bonds. The van der Waals surface area contributed by atoms with E-state index in [0.29, 0.717) is 5.56 Å². The van der Waals surface area contributed by atoms with Crippen LogP contribution in [0.1, 0.15) is 25.8 Å². The second-order valence-corrected chi connectivity index (χ2v) is 4.68. The highest BCUT2D eigenvalue weighted by atomic mass is 79.9. The Balaban J connectivity index is 2.61. The lowest BCUT2D eigenvalue weighted by Gasteiger charge is -2.10. The summed E-state index contributed by atoms with van der Waals surface area (Å²) >= 11 is 3.27. The molecular weight excluding hydrogens is 273 g/mol. The molecule has 0 aromatic heterocycles. The quantitative estimate of drug-likeness (QED) is 0.905. The van der Waals surface area contributed by atoms with Gasteiger partial charge >= 0.3 is 0 Å². The number of amides is 1. The van der Waals surface area contributed by atoms with Crippen LogP contribution in [0.25, 0.3) is 0 Å². The summed E-state index contributed by atoms with van der Waals surface area (Å²) in [6, 6.07) is 4.69. The van der Waals surface area contributed by atoms with Gasteiger partial charge in [0.2, 0.25) is 5.91 Å². The average molecular weight is 288 g/mol. The van der Waals surface area contributed by atoms with Crippen molar-refractivity contribution in [2.24, 2.45) is 5.92 Å². The molecule has 2 nitrogen and oxygen atoms in total. The third-order valence-corrected chi connectivity index (χ3v) is 3.01. The second-order valence-electron chi connectivity index (χ2n) is 3.76. The third kappa shape index (κ3) is 3.59. The van der Waals surface area contributed by atoms with Crippen molar-refractivity contribution in [2.45, 2.75) is 26.8 Å². The van der Waals surface area contributed by atoms with Crippen LogP contribution in [0.2, 0.25) is 0 Å². The Morgan fingerprint density at radius 1 is 1.56 bits per heavy atom. The van der Waals surface area contributed by atoms with Gasteiger partial charge in [0.15, 0.2) is 0 Å². The van der Waals surface area contributed by atoms with Gasteiger partial charge in [-0.15, -0.1) is 0 Å². The Bertz CT molecular complexity index is 381. The third-order valence-electron chi connectivity index (χ3n) is 2.52. The second kappa shape index (κ2) is 5.99. The van der Waals surface area contributed by atoms with Crippen LogP contribution in [-0.2, 0) is 11.3 Å². The number of carbonyl (C=O) groups excluding carboxylic acids is 1. The molecule has 0 heterocycles. The fraction of sp³-hybridized carbons (Fsp3) is 0.417. The molecule has 0 radical (unpaired) electrons. The molecule has 1 N–H and O–H groups in total. The summed E-state index contributed by atoms with van der Waals surface area (Å²) < 4.78 is 14.1. The van der Waals surface area contributed by atoms with Gasteiger partial charge in [-0.1, -0.05) is 29.8 Å². The summed E-state index contributed by atoms with van der Waals surface area (Å²) in [5, 5.41) is 2.72. The lowest BCUT2D eigenvalue weighted by Crippen LogP contribution is -2.28. The Hall–Kier alpha value is -0.900. The van der Waals surface area contributed by atoms with Crippen molar-refractivity contribution >= 4 is 21.8 Å².